The summed E-state index contributed by atoms with van der Waals surface area (Å²) in [6, 6.07) is 3.75. The van der Waals surface area contributed by atoms with Crippen molar-refractivity contribution in [1.82, 2.24) is 5.32 Å². The zero-order chi connectivity index (χ0) is 13.1. The van der Waals surface area contributed by atoms with Crippen molar-refractivity contribution in [2.45, 2.75) is 25.5 Å². The predicted octanol–water partition coefficient (Wildman–Crippen LogP) is 1.98. The van der Waals surface area contributed by atoms with Crippen molar-refractivity contribution < 1.29 is 14.6 Å². The minimum absolute atomic E-state index is 0.0173. The molecule has 0 aliphatic heterocycles. The van der Waals surface area contributed by atoms with Crippen molar-refractivity contribution in [2.24, 2.45) is 0 Å². The molecule has 0 saturated carbocycles. The number of aliphatic hydroxyl groups is 1. The maximum absolute atomic E-state index is 11.3. The molecule has 1 aromatic heterocycles. The molecule has 0 spiro atoms. The van der Waals surface area contributed by atoms with Crippen molar-refractivity contribution >= 4 is 28.9 Å². The van der Waals surface area contributed by atoms with E-state index in [1.165, 1.54) is 25.4 Å². The van der Waals surface area contributed by atoms with Crippen LogP contribution in [0.2, 0.25) is 4.34 Å². The zero-order valence-corrected chi connectivity index (χ0v) is 11.6. The van der Waals surface area contributed by atoms with Crippen LogP contribution in [-0.4, -0.2) is 30.3 Å². The molecular weight excluding hydrogens is 262 g/mol. The summed E-state index contributed by atoms with van der Waals surface area (Å²) in [6.07, 6.45) is 0. The van der Waals surface area contributed by atoms with Crippen LogP contribution in [0, 0.1) is 0 Å². The van der Waals surface area contributed by atoms with Gasteiger partial charge < -0.3 is 15.2 Å². The molecular formula is C11H16ClNO3S. The van der Waals surface area contributed by atoms with Gasteiger partial charge in [-0.15, -0.1) is 11.3 Å². The van der Waals surface area contributed by atoms with Gasteiger partial charge in [0.25, 0.3) is 0 Å². The van der Waals surface area contributed by atoms with Crippen LogP contribution in [-0.2, 0) is 9.53 Å². The Morgan fingerprint density at radius 1 is 1.71 bits per heavy atom. The highest BCUT2D eigenvalue weighted by molar-refractivity contribution is 7.16. The molecule has 2 N–H and O–H groups in total. The van der Waals surface area contributed by atoms with Gasteiger partial charge in [0, 0.05) is 17.5 Å². The first-order chi connectivity index (χ1) is 7.86. The molecule has 6 heteroatoms. The SMILES string of the molecule is COC(=O)C(C)(O)CNC(C)c1ccc(Cl)s1. The number of hydrogen-bond acceptors (Lipinski definition) is 5. The fourth-order valence-corrected chi connectivity index (χ4v) is 2.39. The minimum atomic E-state index is -1.52. The smallest absolute Gasteiger partial charge is 0.338 e. The summed E-state index contributed by atoms with van der Waals surface area (Å²) >= 11 is 7.30. The molecule has 0 fully saturated rings. The normalized spacial score (nSPS) is 16.3. The Kier molecular flexibility index (Phi) is 4.94. The van der Waals surface area contributed by atoms with E-state index in [0.29, 0.717) is 4.34 Å². The van der Waals surface area contributed by atoms with Gasteiger partial charge in [0.2, 0.25) is 0 Å². The number of thiophene rings is 1. The number of halogens is 1. The quantitative estimate of drug-likeness (QED) is 0.808. The lowest BCUT2D eigenvalue weighted by atomic mass is 10.1. The number of esters is 1. The lowest BCUT2D eigenvalue weighted by Crippen LogP contribution is -2.46. The van der Waals surface area contributed by atoms with Crippen molar-refractivity contribution in [3.05, 3.63) is 21.3 Å². The Bertz CT molecular complexity index is 392. The number of carbonyl (C=O) groups excluding carboxylic acids is 1. The van der Waals surface area contributed by atoms with Crippen LogP contribution in [0.15, 0.2) is 12.1 Å². The van der Waals surface area contributed by atoms with Crippen LogP contribution in [0.1, 0.15) is 24.8 Å². The monoisotopic (exact) mass is 277 g/mol. The predicted molar refractivity (Wildman–Crippen MR) is 68.4 cm³/mol. The van der Waals surface area contributed by atoms with E-state index in [4.69, 9.17) is 11.6 Å². The van der Waals surface area contributed by atoms with Gasteiger partial charge in [-0.05, 0) is 26.0 Å². The van der Waals surface area contributed by atoms with Gasteiger partial charge in [-0.1, -0.05) is 11.6 Å². The number of carbonyl (C=O) groups is 1. The van der Waals surface area contributed by atoms with Gasteiger partial charge in [-0.25, -0.2) is 4.79 Å². The van der Waals surface area contributed by atoms with E-state index in [1.54, 1.807) is 0 Å². The first kappa shape index (κ1) is 14.4. The van der Waals surface area contributed by atoms with E-state index in [9.17, 15) is 9.90 Å². The molecule has 96 valence electrons. The maximum Gasteiger partial charge on any atom is 0.338 e. The summed E-state index contributed by atoms with van der Waals surface area (Å²) in [5, 5.41) is 12.9. The molecule has 2 unspecified atom stereocenters. The van der Waals surface area contributed by atoms with Crippen LogP contribution in [0.4, 0.5) is 0 Å². The molecule has 0 aromatic carbocycles. The summed E-state index contributed by atoms with van der Waals surface area (Å²) in [4.78, 5) is 12.3. The van der Waals surface area contributed by atoms with Crippen LogP contribution in [0.3, 0.4) is 0 Å². The van der Waals surface area contributed by atoms with Gasteiger partial charge >= 0.3 is 5.97 Å². The standard InChI is InChI=1S/C11H16ClNO3S/c1-7(8-4-5-9(12)17-8)13-6-11(2,15)10(14)16-3/h4-5,7,13,15H,6H2,1-3H3. The second-order valence-electron chi connectivity index (χ2n) is 4.01. The summed E-state index contributed by atoms with van der Waals surface area (Å²) in [5.41, 5.74) is -1.52. The Morgan fingerprint density at radius 3 is 2.82 bits per heavy atom. The van der Waals surface area contributed by atoms with Crippen LogP contribution >= 0.6 is 22.9 Å². The van der Waals surface area contributed by atoms with E-state index in [0.717, 1.165) is 4.88 Å². The molecule has 0 aliphatic rings. The number of ether oxygens (including phenoxy) is 1. The average Bonchev–Trinajstić information content (AvgIpc) is 2.71. The lowest BCUT2D eigenvalue weighted by Gasteiger charge is -2.22. The second-order valence-corrected chi connectivity index (χ2v) is 5.76. The molecule has 0 bridgehead atoms. The number of hydrogen-bond donors (Lipinski definition) is 2. The third-order valence-electron chi connectivity index (χ3n) is 2.40. The van der Waals surface area contributed by atoms with Gasteiger partial charge in [-0.3, -0.25) is 0 Å². The fraction of sp³-hybridized carbons (Fsp3) is 0.545. The molecule has 4 nitrogen and oxygen atoms in total. The molecule has 2 atom stereocenters. The Morgan fingerprint density at radius 2 is 2.35 bits per heavy atom. The topological polar surface area (TPSA) is 58.6 Å². The average molecular weight is 278 g/mol. The first-order valence-corrected chi connectivity index (χ1v) is 6.35. The maximum atomic E-state index is 11.3. The summed E-state index contributed by atoms with van der Waals surface area (Å²) < 4.78 is 5.23. The number of rotatable bonds is 5. The van der Waals surface area contributed by atoms with Gasteiger partial charge in [0.1, 0.15) is 0 Å². The molecule has 1 rings (SSSR count). The molecule has 0 saturated heterocycles. The van der Waals surface area contributed by atoms with Crippen molar-refractivity contribution in [3.8, 4) is 0 Å². The van der Waals surface area contributed by atoms with E-state index < -0.39 is 11.6 Å². The van der Waals surface area contributed by atoms with Crippen LogP contribution in [0.25, 0.3) is 0 Å². The van der Waals surface area contributed by atoms with Crippen molar-refractivity contribution in [2.75, 3.05) is 13.7 Å². The number of methoxy groups -OCH3 is 1. The van der Waals surface area contributed by atoms with Gasteiger partial charge in [-0.2, -0.15) is 0 Å². The van der Waals surface area contributed by atoms with Crippen molar-refractivity contribution in [1.29, 1.82) is 0 Å². The molecule has 0 aliphatic carbocycles. The van der Waals surface area contributed by atoms with Gasteiger partial charge in [0.15, 0.2) is 5.60 Å². The first-order valence-electron chi connectivity index (χ1n) is 5.16. The number of nitrogens with one attached hydrogen (secondary N) is 1. The lowest BCUT2D eigenvalue weighted by molar-refractivity contribution is -0.160. The molecule has 1 heterocycles. The second kappa shape index (κ2) is 5.82. The van der Waals surface area contributed by atoms with E-state index in [-0.39, 0.29) is 12.6 Å². The van der Waals surface area contributed by atoms with Crippen molar-refractivity contribution in [3.63, 3.8) is 0 Å². The van der Waals surface area contributed by atoms with E-state index in [1.807, 2.05) is 19.1 Å². The summed E-state index contributed by atoms with van der Waals surface area (Å²) in [5.74, 6) is -0.651. The zero-order valence-electron chi connectivity index (χ0n) is 9.99. The summed E-state index contributed by atoms with van der Waals surface area (Å²) in [7, 11) is 1.25. The van der Waals surface area contributed by atoms with Gasteiger partial charge in [0.05, 0.1) is 11.4 Å². The third-order valence-corrected chi connectivity index (χ3v) is 3.81. The third kappa shape index (κ3) is 3.96. The Balaban J connectivity index is 2.53. The minimum Gasteiger partial charge on any atom is -0.467 e. The van der Waals surface area contributed by atoms with E-state index in [2.05, 4.69) is 10.1 Å². The van der Waals surface area contributed by atoms with E-state index >= 15 is 0 Å². The fourth-order valence-electron chi connectivity index (χ4n) is 1.31. The molecule has 17 heavy (non-hydrogen) atoms. The largest absolute Gasteiger partial charge is 0.467 e. The Labute approximate surface area is 110 Å². The summed E-state index contributed by atoms with van der Waals surface area (Å²) in [6.45, 7) is 3.48. The van der Waals surface area contributed by atoms with Crippen LogP contribution < -0.4 is 5.32 Å². The molecule has 0 radical (unpaired) electrons. The highest BCUT2D eigenvalue weighted by Gasteiger charge is 2.31. The highest BCUT2D eigenvalue weighted by atomic mass is 35.5. The molecule has 0 amide bonds. The highest BCUT2D eigenvalue weighted by Crippen LogP contribution is 2.26. The Hall–Kier alpha value is -0.620. The molecule has 1 aromatic rings. The van der Waals surface area contributed by atoms with Crippen LogP contribution in [0.5, 0.6) is 0 Å².